The second-order valence-corrected chi connectivity index (χ2v) is 5.00. The van der Waals surface area contributed by atoms with E-state index in [-0.39, 0.29) is 0 Å². The Balaban J connectivity index is 2.68. The molecule has 0 amide bonds. The Morgan fingerprint density at radius 2 is 1.38 bits per heavy atom. The van der Waals surface area contributed by atoms with Gasteiger partial charge >= 0.3 is 0 Å². The van der Waals surface area contributed by atoms with Gasteiger partial charge in [0.25, 0.3) is 0 Å². The average molecular weight is 190 g/mol. The summed E-state index contributed by atoms with van der Waals surface area (Å²) in [5.74, 6) is 0. The lowest BCUT2D eigenvalue weighted by molar-refractivity contribution is 0.593. The van der Waals surface area contributed by atoms with Crippen molar-refractivity contribution in [3.8, 4) is 0 Å². The van der Waals surface area contributed by atoms with E-state index in [2.05, 4.69) is 0 Å². The van der Waals surface area contributed by atoms with E-state index >= 15 is 0 Å². The summed E-state index contributed by atoms with van der Waals surface area (Å²) in [5, 5.41) is 1.90. The van der Waals surface area contributed by atoms with Crippen molar-refractivity contribution in [2.45, 2.75) is 9.79 Å². The van der Waals surface area contributed by atoms with Crippen molar-refractivity contribution in [3.05, 3.63) is 36.4 Å². The first-order valence-electron chi connectivity index (χ1n) is 3.98. The van der Waals surface area contributed by atoms with Crippen LogP contribution in [0.3, 0.4) is 0 Å². The Morgan fingerprint density at radius 1 is 0.846 bits per heavy atom. The Labute approximate surface area is 75.7 Å². The van der Waals surface area contributed by atoms with Crippen LogP contribution in [0.2, 0.25) is 0 Å². The molecule has 1 aliphatic heterocycles. The molecule has 0 spiro atoms. The van der Waals surface area contributed by atoms with Crippen LogP contribution in [-0.4, -0.2) is 8.42 Å². The van der Waals surface area contributed by atoms with Gasteiger partial charge in [-0.2, -0.15) is 0 Å². The molecule has 13 heavy (non-hydrogen) atoms. The minimum atomic E-state index is -3.09. The van der Waals surface area contributed by atoms with Gasteiger partial charge in [-0.15, -0.1) is 0 Å². The zero-order valence-electron chi connectivity index (χ0n) is 6.69. The van der Waals surface area contributed by atoms with Crippen molar-refractivity contribution >= 4 is 20.6 Å². The molecule has 2 aromatic rings. The van der Waals surface area contributed by atoms with Crippen molar-refractivity contribution in [3.63, 3.8) is 0 Å². The highest BCUT2D eigenvalue weighted by atomic mass is 32.2. The third-order valence-corrected chi connectivity index (χ3v) is 4.25. The van der Waals surface area contributed by atoms with Crippen LogP contribution in [0, 0.1) is 0 Å². The summed E-state index contributed by atoms with van der Waals surface area (Å²) in [4.78, 5) is 0.946. The number of hydrogen-bond donors (Lipinski definition) is 0. The van der Waals surface area contributed by atoms with Crippen LogP contribution in [0.25, 0.3) is 10.8 Å². The van der Waals surface area contributed by atoms with Crippen LogP contribution in [0.4, 0.5) is 0 Å². The van der Waals surface area contributed by atoms with E-state index in [0.29, 0.717) is 9.79 Å². The van der Waals surface area contributed by atoms with Gasteiger partial charge in [-0.1, -0.05) is 24.3 Å². The molecule has 0 radical (unpaired) electrons. The largest absolute Gasteiger partial charge is 0.218 e. The number of rotatable bonds is 0. The predicted octanol–water partition coefficient (Wildman–Crippen LogP) is 1.99. The lowest BCUT2D eigenvalue weighted by atomic mass is 10.1. The van der Waals surface area contributed by atoms with Crippen molar-refractivity contribution in [1.82, 2.24) is 0 Å². The fourth-order valence-electron chi connectivity index (χ4n) is 1.79. The van der Waals surface area contributed by atoms with Gasteiger partial charge in [0.2, 0.25) is 9.84 Å². The first kappa shape index (κ1) is 7.09. The summed E-state index contributed by atoms with van der Waals surface area (Å²) >= 11 is 0. The highest BCUT2D eigenvalue weighted by Gasteiger charge is 2.32. The van der Waals surface area contributed by atoms with Gasteiger partial charge in [0.15, 0.2) is 0 Å². The van der Waals surface area contributed by atoms with Crippen molar-refractivity contribution < 1.29 is 8.42 Å². The fourth-order valence-corrected chi connectivity index (χ4v) is 3.39. The lowest BCUT2D eigenvalue weighted by Gasteiger charge is -2.19. The maximum absolute atomic E-state index is 11.6. The molecule has 64 valence electrons. The van der Waals surface area contributed by atoms with E-state index < -0.39 is 9.84 Å². The molecule has 0 aliphatic carbocycles. The molecule has 0 unspecified atom stereocenters. The number of hydrogen-bond acceptors (Lipinski definition) is 2. The molecular weight excluding hydrogens is 184 g/mol. The fraction of sp³-hybridized carbons (Fsp3) is 0. The second kappa shape index (κ2) is 1.93. The van der Waals surface area contributed by atoms with Crippen molar-refractivity contribution in [2.24, 2.45) is 0 Å². The predicted molar refractivity (Wildman–Crippen MR) is 49.4 cm³/mol. The van der Waals surface area contributed by atoms with Gasteiger partial charge in [-0.3, -0.25) is 0 Å². The molecule has 3 heteroatoms. The summed E-state index contributed by atoms with van der Waals surface area (Å²) < 4.78 is 23.1. The molecule has 0 bridgehead atoms. The van der Waals surface area contributed by atoms with E-state index in [0.717, 1.165) is 10.8 Å². The summed E-state index contributed by atoms with van der Waals surface area (Å²) in [6, 6.07) is 10.7. The quantitative estimate of drug-likeness (QED) is 0.543. The Morgan fingerprint density at radius 3 is 1.92 bits per heavy atom. The molecule has 1 aliphatic rings. The minimum absolute atomic E-state index is 0.473. The lowest BCUT2D eigenvalue weighted by Crippen LogP contribution is -2.12. The second-order valence-electron chi connectivity index (χ2n) is 3.11. The van der Waals surface area contributed by atoms with E-state index in [9.17, 15) is 8.42 Å². The van der Waals surface area contributed by atoms with Crippen LogP contribution in [-0.2, 0) is 9.84 Å². The van der Waals surface area contributed by atoms with E-state index in [1.807, 2.05) is 12.1 Å². The maximum atomic E-state index is 11.6. The van der Waals surface area contributed by atoms with Gasteiger partial charge in [-0.05, 0) is 17.5 Å². The van der Waals surface area contributed by atoms with Crippen LogP contribution in [0.15, 0.2) is 46.2 Å². The summed E-state index contributed by atoms with van der Waals surface area (Å²) in [6.07, 6.45) is 0. The van der Waals surface area contributed by atoms with Crippen LogP contribution < -0.4 is 0 Å². The molecule has 1 heterocycles. The topological polar surface area (TPSA) is 34.1 Å². The molecule has 0 saturated carbocycles. The number of sulfone groups is 1. The third-order valence-electron chi connectivity index (χ3n) is 2.41. The SMILES string of the molecule is O=S1(=O)c2cccc3cccc1c23. The average Bonchev–Trinajstić information content (AvgIpc) is 2.16. The number of benzene rings is 2. The Hall–Kier alpha value is -1.35. The van der Waals surface area contributed by atoms with Gasteiger partial charge in [-0.25, -0.2) is 8.42 Å². The third kappa shape index (κ3) is 0.664. The monoisotopic (exact) mass is 190 g/mol. The summed E-state index contributed by atoms with van der Waals surface area (Å²) in [6.45, 7) is 0. The Kier molecular flexibility index (Phi) is 1.05. The van der Waals surface area contributed by atoms with Crippen LogP contribution in [0.5, 0.6) is 0 Å². The normalized spacial score (nSPS) is 16.9. The zero-order valence-corrected chi connectivity index (χ0v) is 7.51. The summed E-state index contributed by atoms with van der Waals surface area (Å²) in [7, 11) is -3.09. The van der Waals surface area contributed by atoms with Gasteiger partial charge in [0.1, 0.15) is 0 Å². The van der Waals surface area contributed by atoms with Gasteiger partial charge in [0, 0.05) is 5.39 Å². The van der Waals surface area contributed by atoms with E-state index in [4.69, 9.17) is 0 Å². The van der Waals surface area contributed by atoms with Crippen molar-refractivity contribution in [2.75, 3.05) is 0 Å². The standard InChI is InChI=1S/C10H6O2S/c11-13(12)8-5-1-3-7-4-2-6-9(13)10(7)8/h1-6H. The van der Waals surface area contributed by atoms with E-state index in [1.165, 1.54) is 0 Å². The first-order valence-corrected chi connectivity index (χ1v) is 5.46. The molecule has 0 atom stereocenters. The van der Waals surface area contributed by atoms with E-state index in [1.54, 1.807) is 24.3 Å². The first-order chi connectivity index (χ1) is 6.21. The minimum Gasteiger partial charge on any atom is -0.218 e. The molecule has 3 rings (SSSR count). The maximum Gasteiger partial charge on any atom is 0.207 e. The molecule has 0 fully saturated rings. The van der Waals surface area contributed by atoms with Crippen LogP contribution in [0.1, 0.15) is 0 Å². The molecule has 2 aromatic carbocycles. The molecule has 2 nitrogen and oxygen atoms in total. The molecule has 0 saturated heterocycles. The molecule has 0 aromatic heterocycles. The van der Waals surface area contributed by atoms with Gasteiger partial charge < -0.3 is 0 Å². The zero-order chi connectivity index (χ0) is 9.05. The smallest absolute Gasteiger partial charge is 0.207 e. The molecular formula is C10H6O2S. The molecule has 0 N–H and O–H groups in total. The van der Waals surface area contributed by atoms with Crippen LogP contribution >= 0.6 is 0 Å². The summed E-state index contributed by atoms with van der Waals surface area (Å²) in [5.41, 5.74) is 0. The highest BCUT2D eigenvalue weighted by molar-refractivity contribution is 7.93. The van der Waals surface area contributed by atoms with Gasteiger partial charge in [0.05, 0.1) is 9.79 Å². The van der Waals surface area contributed by atoms with Crippen molar-refractivity contribution in [1.29, 1.82) is 0 Å². The Bertz CT molecular complexity index is 567. The highest BCUT2D eigenvalue weighted by Crippen LogP contribution is 2.41.